The van der Waals surface area contributed by atoms with E-state index in [1.165, 1.54) is 25.9 Å². The molecule has 0 amide bonds. The van der Waals surface area contributed by atoms with Crippen LogP contribution in [0.25, 0.3) is 0 Å². The van der Waals surface area contributed by atoms with E-state index in [0.717, 1.165) is 30.1 Å². The van der Waals surface area contributed by atoms with Crippen molar-refractivity contribution in [1.29, 1.82) is 0 Å². The smallest absolute Gasteiger partial charge is 0.188 e. The predicted molar refractivity (Wildman–Crippen MR) is 92.3 cm³/mol. The van der Waals surface area contributed by atoms with E-state index < -0.39 is 0 Å². The molecule has 1 aromatic carbocycles. The Morgan fingerprint density at radius 3 is 2.57 bits per heavy atom. The minimum Gasteiger partial charge on any atom is -0.370 e. The molecule has 2 rings (SSSR count). The average Bonchev–Trinajstić information content (AvgIpc) is 2.96. The first-order valence-electron chi connectivity index (χ1n) is 7.24. The molecule has 1 fully saturated rings. The Balaban J connectivity index is 0.00000220. The number of hydrogen-bond donors (Lipinski definition) is 2. The standard InChI is InChI=1S/C15H23ClN4.ClH/c16-14-6-4-13(5-7-14)12-19-15(17)18-8-3-11-20-9-1-2-10-20;/h4-7H,1-3,8-12H2,(H3,17,18,19);1H. The first kappa shape index (κ1) is 18.1. The van der Waals surface area contributed by atoms with Crippen molar-refractivity contribution >= 4 is 30.0 Å². The van der Waals surface area contributed by atoms with E-state index in [-0.39, 0.29) is 12.4 Å². The molecule has 21 heavy (non-hydrogen) atoms. The van der Waals surface area contributed by atoms with Crippen molar-refractivity contribution in [3.05, 3.63) is 34.9 Å². The maximum absolute atomic E-state index is 5.84. The summed E-state index contributed by atoms with van der Waals surface area (Å²) in [5.41, 5.74) is 6.95. The molecule has 1 aliphatic rings. The quantitative estimate of drug-likeness (QED) is 0.479. The summed E-state index contributed by atoms with van der Waals surface area (Å²) in [5, 5.41) is 3.90. The van der Waals surface area contributed by atoms with Gasteiger partial charge in [0.2, 0.25) is 0 Å². The zero-order chi connectivity index (χ0) is 14.2. The van der Waals surface area contributed by atoms with Gasteiger partial charge >= 0.3 is 0 Å². The average molecular weight is 331 g/mol. The van der Waals surface area contributed by atoms with Gasteiger partial charge in [0.05, 0.1) is 6.54 Å². The Morgan fingerprint density at radius 1 is 1.24 bits per heavy atom. The van der Waals surface area contributed by atoms with E-state index in [1.54, 1.807) is 0 Å². The molecule has 4 nitrogen and oxygen atoms in total. The molecule has 0 saturated carbocycles. The maximum Gasteiger partial charge on any atom is 0.188 e. The Hall–Kier alpha value is -0.970. The van der Waals surface area contributed by atoms with Crippen molar-refractivity contribution in [3.63, 3.8) is 0 Å². The van der Waals surface area contributed by atoms with Crippen LogP contribution >= 0.6 is 24.0 Å². The van der Waals surface area contributed by atoms with E-state index in [1.807, 2.05) is 24.3 Å². The molecule has 0 unspecified atom stereocenters. The van der Waals surface area contributed by atoms with Gasteiger partial charge in [-0.3, -0.25) is 0 Å². The van der Waals surface area contributed by atoms with Gasteiger partial charge in [0.1, 0.15) is 0 Å². The molecule has 3 N–H and O–H groups in total. The third kappa shape index (κ3) is 7.02. The molecule has 0 spiro atoms. The monoisotopic (exact) mass is 330 g/mol. The second-order valence-corrected chi connectivity index (χ2v) is 5.59. The molecular formula is C15H24Cl2N4. The molecule has 1 aliphatic heterocycles. The molecule has 0 aromatic heterocycles. The largest absolute Gasteiger partial charge is 0.370 e. The summed E-state index contributed by atoms with van der Waals surface area (Å²) in [6.07, 6.45) is 3.80. The number of guanidine groups is 1. The molecule has 0 aliphatic carbocycles. The van der Waals surface area contributed by atoms with Crippen LogP contribution in [0.15, 0.2) is 29.3 Å². The van der Waals surface area contributed by atoms with Crippen molar-refractivity contribution in [3.8, 4) is 0 Å². The topological polar surface area (TPSA) is 53.6 Å². The molecule has 0 bridgehead atoms. The number of aliphatic imine (C=N–C) groups is 1. The van der Waals surface area contributed by atoms with Crippen LogP contribution in [0.1, 0.15) is 24.8 Å². The van der Waals surface area contributed by atoms with E-state index >= 15 is 0 Å². The van der Waals surface area contributed by atoms with Gasteiger partial charge in [-0.1, -0.05) is 23.7 Å². The van der Waals surface area contributed by atoms with Crippen LogP contribution < -0.4 is 11.1 Å². The van der Waals surface area contributed by atoms with Crippen LogP contribution in [0.4, 0.5) is 0 Å². The summed E-state index contributed by atoms with van der Waals surface area (Å²) in [4.78, 5) is 6.82. The fourth-order valence-corrected chi connectivity index (χ4v) is 2.47. The van der Waals surface area contributed by atoms with E-state index in [2.05, 4.69) is 15.2 Å². The minimum absolute atomic E-state index is 0. The summed E-state index contributed by atoms with van der Waals surface area (Å²) in [6.45, 7) is 5.12. The predicted octanol–water partition coefficient (Wildman–Crippen LogP) is 2.65. The number of benzene rings is 1. The second kappa shape index (κ2) is 9.87. The van der Waals surface area contributed by atoms with Gasteiger partial charge in [0.25, 0.3) is 0 Å². The molecule has 0 atom stereocenters. The molecule has 1 heterocycles. The molecule has 0 radical (unpaired) electrons. The fraction of sp³-hybridized carbons (Fsp3) is 0.533. The van der Waals surface area contributed by atoms with Gasteiger partial charge in [-0.15, -0.1) is 12.4 Å². The van der Waals surface area contributed by atoms with Gasteiger partial charge in [-0.25, -0.2) is 4.99 Å². The third-order valence-corrected chi connectivity index (χ3v) is 3.75. The van der Waals surface area contributed by atoms with Crippen LogP contribution in [0.5, 0.6) is 0 Å². The van der Waals surface area contributed by atoms with Crippen LogP contribution in [-0.2, 0) is 6.54 Å². The van der Waals surface area contributed by atoms with E-state index in [4.69, 9.17) is 17.3 Å². The van der Waals surface area contributed by atoms with Gasteiger partial charge in [-0.05, 0) is 56.6 Å². The van der Waals surface area contributed by atoms with E-state index in [9.17, 15) is 0 Å². The number of hydrogen-bond acceptors (Lipinski definition) is 2. The zero-order valence-electron chi connectivity index (χ0n) is 12.2. The van der Waals surface area contributed by atoms with Crippen molar-refractivity contribution in [2.24, 2.45) is 10.7 Å². The van der Waals surface area contributed by atoms with Crippen LogP contribution in [0.3, 0.4) is 0 Å². The number of nitrogens with two attached hydrogens (primary N) is 1. The highest BCUT2D eigenvalue weighted by atomic mass is 35.5. The van der Waals surface area contributed by atoms with Gasteiger partial charge in [-0.2, -0.15) is 0 Å². The summed E-state index contributed by atoms with van der Waals surface area (Å²) in [5.74, 6) is 0.515. The lowest BCUT2D eigenvalue weighted by Gasteiger charge is -2.14. The minimum atomic E-state index is 0. The number of halogens is 2. The molecular weight excluding hydrogens is 307 g/mol. The zero-order valence-corrected chi connectivity index (χ0v) is 13.8. The Bertz CT molecular complexity index is 428. The summed E-state index contributed by atoms with van der Waals surface area (Å²) in [6, 6.07) is 7.66. The van der Waals surface area contributed by atoms with Crippen LogP contribution in [0, 0.1) is 0 Å². The lowest BCUT2D eigenvalue weighted by molar-refractivity contribution is 0.334. The lowest BCUT2D eigenvalue weighted by Crippen LogP contribution is -2.34. The number of likely N-dealkylation sites (tertiary alicyclic amines) is 1. The van der Waals surface area contributed by atoms with Gasteiger partial charge in [0, 0.05) is 11.6 Å². The molecule has 118 valence electrons. The van der Waals surface area contributed by atoms with Crippen LogP contribution in [0.2, 0.25) is 5.02 Å². The summed E-state index contributed by atoms with van der Waals surface area (Å²) in [7, 11) is 0. The van der Waals surface area contributed by atoms with Crippen LogP contribution in [-0.4, -0.2) is 37.0 Å². The lowest BCUT2D eigenvalue weighted by atomic mass is 10.2. The van der Waals surface area contributed by atoms with Gasteiger partial charge < -0.3 is 16.0 Å². The number of nitrogens with one attached hydrogen (secondary N) is 1. The summed E-state index contributed by atoms with van der Waals surface area (Å²) < 4.78 is 0. The van der Waals surface area contributed by atoms with Gasteiger partial charge in [0.15, 0.2) is 5.96 Å². The highest BCUT2D eigenvalue weighted by Crippen LogP contribution is 2.10. The van der Waals surface area contributed by atoms with Crippen molar-refractivity contribution in [2.75, 3.05) is 26.2 Å². The highest BCUT2D eigenvalue weighted by molar-refractivity contribution is 6.30. The number of nitrogens with zero attached hydrogens (tertiary/aromatic N) is 2. The second-order valence-electron chi connectivity index (χ2n) is 5.16. The third-order valence-electron chi connectivity index (χ3n) is 3.50. The molecule has 6 heteroatoms. The normalized spacial score (nSPS) is 15.8. The summed E-state index contributed by atoms with van der Waals surface area (Å²) >= 11 is 5.84. The number of rotatable bonds is 6. The molecule has 1 saturated heterocycles. The van der Waals surface area contributed by atoms with E-state index in [0.29, 0.717) is 12.5 Å². The Labute approximate surface area is 138 Å². The first-order valence-corrected chi connectivity index (χ1v) is 7.62. The Kier molecular flexibility index (Phi) is 8.50. The van der Waals surface area contributed by atoms with Crippen molar-refractivity contribution < 1.29 is 0 Å². The first-order chi connectivity index (χ1) is 9.74. The maximum atomic E-state index is 5.84. The SMILES string of the molecule is Cl.NC(=NCc1ccc(Cl)cc1)NCCCN1CCCC1. The van der Waals surface area contributed by atoms with Crippen molar-refractivity contribution in [2.45, 2.75) is 25.8 Å². The fourth-order valence-electron chi connectivity index (χ4n) is 2.35. The van der Waals surface area contributed by atoms with Crippen molar-refractivity contribution in [1.82, 2.24) is 10.2 Å². The Morgan fingerprint density at radius 2 is 1.90 bits per heavy atom. The molecule has 1 aromatic rings. The highest BCUT2D eigenvalue weighted by Gasteiger charge is 2.09.